The minimum Gasteiger partial charge on any atom is -0.383 e. The Bertz CT molecular complexity index is 706. The zero-order chi connectivity index (χ0) is 22.8. The van der Waals surface area contributed by atoms with E-state index in [0.717, 1.165) is 0 Å². The first-order valence-electron chi connectivity index (χ1n) is 8.84. The summed E-state index contributed by atoms with van der Waals surface area (Å²) in [6.45, 7) is -1.72. The van der Waals surface area contributed by atoms with Gasteiger partial charge in [0.05, 0.1) is 6.61 Å². The number of ether oxygens (including phenoxy) is 2. The molecule has 4 N–H and O–H groups in total. The third kappa shape index (κ3) is 3.45. The predicted octanol–water partition coefficient (Wildman–Crippen LogP) is -2.40. The fourth-order valence-corrected chi connectivity index (χ4v) is 3.47. The van der Waals surface area contributed by atoms with Gasteiger partial charge in [-0.05, 0) is 15.9 Å². The smallest absolute Gasteiger partial charge is 0.257 e. The highest BCUT2D eigenvalue weighted by Gasteiger charge is 2.76. The summed E-state index contributed by atoms with van der Waals surface area (Å²) >= 11 is 2.50. The van der Waals surface area contributed by atoms with Gasteiger partial charge >= 0.3 is 0 Å². The second-order valence-electron chi connectivity index (χ2n) is 5.44. The minimum absolute atomic E-state index is 0.837. The van der Waals surface area contributed by atoms with E-state index in [0.29, 0.717) is 0 Å². The van der Waals surface area contributed by atoms with Crippen molar-refractivity contribution in [2.24, 2.45) is 0 Å². The quantitative estimate of drug-likeness (QED) is 0.216. The van der Waals surface area contributed by atoms with Crippen molar-refractivity contribution in [2.75, 3.05) is 13.2 Å². The number of hydrogen-bond donors (Lipinski definition) is 4. The lowest BCUT2D eigenvalue weighted by atomic mass is 9.62. The van der Waals surface area contributed by atoms with Crippen molar-refractivity contribution in [2.45, 2.75) is 46.9 Å². The summed E-state index contributed by atoms with van der Waals surface area (Å²) in [6, 6.07) is 0. The Labute approximate surface area is 156 Å². The lowest BCUT2D eigenvalue weighted by molar-refractivity contribution is -0.404. The number of aldehydes is 4. The summed E-state index contributed by atoms with van der Waals surface area (Å²) in [4.78, 5) is 45.0. The van der Waals surface area contributed by atoms with Gasteiger partial charge in [0.1, 0.15) is 54.4 Å². The third-order valence-corrected chi connectivity index (χ3v) is 5.01. The van der Waals surface area contributed by atoms with E-state index in [9.17, 15) is 39.6 Å². The molecule has 0 saturated carbocycles. The van der Waals surface area contributed by atoms with Crippen molar-refractivity contribution in [3.05, 3.63) is 0 Å². The van der Waals surface area contributed by atoms with Crippen LogP contribution in [0.4, 0.5) is 0 Å². The Kier molecular flexibility index (Phi) is 5.21. The van der Waals surface area contributed by atoms with E-state index in [-0.39, 0.29) is 0 Å². The molecule has 1 unspecified atom stereocenters. The van der Waals surface area contributed by atoms with Crippen LogP contribution < -0.4 is 0 Å². The van der Waals surface area contributed by atoms with Crippen LogP contribution in [0.15, 0.2) is 0 Å². The van der Waals surface area contributed by atoms with Gasteiger partial charge in [0, 0.05) is 19.3 Å². The monoisotopic (exact) mass is 430 g/mol. The summed E-state index contributed by atoms with van der Waals surface area (Å²) in [5.74, 6) is 0. The summed E-state index contributed by atoms with van der Waals surface area (Å²) in [7, 11) is 0. The molecule has 1 rings (SSSR count). The maximum Gasteiger partial charge on any atom is 0.257 e. The fourth-order valence-electron chi connectivity index (χ4n) is 2.78. The van der Waals surface area contributed by atoms with Crippen molar-refractivity contribution < 1.29 is 54.6 Å². The van der Waals surface area contributed by atoms with E-state index in [1.807, 2.05) is 0 Å². The zero-order valence-electron chi connectivity index (χ0n) is 16.7. The number of aliphatic hydroxyl groups is 4. The number of hydrogen-bond acceptors (Lipinski definition) is 10. The van der Waals surface area contributed by atoms with Gasteiger partial charge in [-0.15, -0.1) is 0 Å². The van der Waals surface area contributed by atoms with E-state index < -0.39 is 85.1 Å². The number of rotatable bonds is 10. The molecule has 25 heavy (non-hydrogen) atoms. The molecule has 10 nitrogen and oxygen atoms in total. The van der Waals surface area contributed by atoms with Crippen LogP contribution in [0, 0.1) is 0 Å². The summed E-state index contributed by atoms with van der Waals surface area (Å²) in [5, 5.41) is 43.7. The molecule has 0 aromatic heterocycles. The average Bonchev–Trinajstić information content (AvgIpc) is 2.49. The fraction of sp³-hybridized carbons (Fsp3) is 0.714. The second-order valence-corrected chi connectivity index (χ2v) is 6.51. The molecular weight excluding hydrogens is 408 g/mol. The van der Waals surface area contributed by atoms with Crippen molar-refractivity contribution in [3.8, 4) is 0 Å². The zero-order valence-corrected chi connectivity index (χ0v) is 14.3. The van der Waals surface area contributed by atoms with Gasteiger partial charge in [0.25, 0.3) is 4.70 Å². The number of carbonyl (C=O) groups is 4. The van der Waals surface area contributed by atoms with Crippen LogP contribution in [0.2, 0.25) is 0 Å². The second kappa shape index (κ2) is 8.08. The van der Waals surface area contributed by atoms with Crippen LogP contribution in [-0.4, -0.2) is 86.3 Å². The Balaban J connectivity index is 3.66. The highest BCUT2D eigenvalue weighted by molar-refractivity contribution is 9.10. The van der Waals surface area contributed by atoms with E-state index >= 15 is 0 Å². The van der Waals surface area contributed by atoms with Gasteiger partial charge < -0.3 is 49.1 Å². The maximum atomic E-state index is 11.5. The van der Waals surface area contributed by atoms with E-state index in [1.54, 1.807) is 0 Å². The van der Waals surface area contributed by atoms with Gasteiger partial charge in [0.15, 0.2) is 5.60 Å². The highest BCUT2D eigenvalue weighted by atomic mass is 79.9. The van der Waals surface area contributed by atoms with Crippen molar-refractivity contribution in [1.82, 2.24) is 0 Å². The number of carbonyl (C=O) groups excluding carboxylic acids is 4. The lowest BCUT2D eigenvalue weighted by Gasteiger charge is -2.61. The predicted molar refractivity (Wildman–Crippen MR) is 82.5 cm³/mol. The van der Waals surface area contributed by atoms with Crippen molar-refractivity contribution in [1.29, 1.82) is 0 Å². The molecule has 0 bridgehead atoms. The molecule has 142 valence electrons. The molecule has 1 saturated heterocycles. The Morgan fingerprint density at radius 2 is 1.48 bits per heavy atom. The molecule has 0 amide bonds. The van der Waals surface area contributed by atoms with E-state index in [4.69, 9.17) is 15.0 Å². The van der Waals surface area contributed by atoms with E-state index in [1.165, 1.54) is 0 Å². The van der Waals surface area contributed by atoms with Crippen molar-refractivity contribution >= 4 is 41.0 Å². The minimum atomic E-state index is -3.37. The highest BCUT2D eigenvalue weighted by Crippen LogP contribution is 2.54. The molecule has 1 aliphatic rings. The summed E-state index contributed by atoms with van der Waals surface area (Å²) in [5.41, 5.74) is -9.82. The standard InChI is InChI=1S/C14H19BrO10/c15-14(23)13(22,3-6-18)12(21,2-5-17)11(20,1-4-16)10(25-14)9-24-8-7-19/h4-7,10,20-23H,1-3,8-9H2/t10-,11-,12+,13-,14?/m1/s1/i4D,5D,6D,7D. The van der Waals surface area contributed by atoms with Gasteiger partial charge in [-0.1, -0.05) is 0 Å². The molecule has 0 aliphatic carbocycles. The van der Waals surface area contributed by atoms with Crippen LogP contribution in [0.1, 0.15) is 24.7 Å². The van der Waals surface area contributed by atoms with Gasteiger partial charge in [-0.3, -0.25) is 0 Å². The van der Waals surface area contributed by atoms with Crippen LogP contribution in [0.5, 0.6) is 0 Å². The molecule has 1 aliphatic heterocycles. The van der Waals surface area contributed by atoms with Crippen LogP contribution in [0.25, 0.3) is 0 Å². The maximum absolute atomic E-state index is 11.5. The number of alkyl halides is 1. The first-order valence-corrected chi connectivity index (χ1v) is 7.63. The topological polar surface area (TPSA) is 168 Å². The first kappa shape index (κ1) is 16.1. The molecule has 1 fully saturated rings. The van der Waals surface area contributed by atoms with Crippen molar-refractivity contribution in [3.63, 3.8) is 0 Å². The molecule has 0 spiro atoms. The first-order chi connectivity index (χ1) is 13.0. The van der Waals surface area contributed by atoms with Gasteiger partial charge in [-0.2, -0.15) is 0 Å². The average molecular weight is 431 g/mol. The molecular formula is C14H19BrO10. The molecule has 5 atom stereocenters. The Morgan fingerprint density at radius 3 is 1.96 bits per heavy atom. The summed E-state index contributed by atoms with van der Waals surface area (Å²) < 4.78 is 34.8. The largest absolute Gasteiger partial charge is 0.383 e. The van der Waals surface area contributed by atoms with Gasteiger partial charge in [0.2, 0.25) is 0 Å². The Hall–Kier alpha value is -1.08. The molecule has 1 heterocycles. The number of halogens is 1. The SMILES string of the molecule is [2H]C(=O)COC[C@H]1OC(O)(Br)[C@@](O)(CC([2H])=O)[C@](O)(CC([2H])=O)[C@@]1(O)CC([2H])=O. The normalized spacial score (nSPS) is 43.3. The van der Waals surface area contributed by atoms with E-state index in [2.05, 4.69) is 15.9 Å². The molecule has 0 aromatic carbocycles. The van der Waals surface area contributed by atoms with Gasteiger partial charge in [-0.25, -0.2) is 0 Å². The molecule has 0 radical (unpaired) electrons. The molecule has 11 heteroatoms. The molecule has 0 aromatic rings. The van der Waals surface area contributed by atoms with Crippen LogP contribution >= 0.6 is 15.9 Å². The van der Waals surface area contributed by atoms with Crippen LogP contribution in [0.3, 0.4) is 0 Å². The third-order valence-electron chi connectivity index (χ3n) is 4.17. The van der Waals surface area contributed by atoms with Crippen LogP contribution in [-0.2, 0) is 28.7 Å². The Morgan fingerprint density at radius 1 is 0.960 bits per heavy atom. The lowest BCUT2D eigenvalue weighted by Crippen LogP contribution is -2.83. The summed E-state index contributed by atoms with van der Waals surface area (Å²) in [6.07, 6.45) is -12.1.